The molecule has 1 unspecified atom stereocenters. The van der Waals surface area contributed by atoms with Gasteiger partial charge in [0.2, 0.25) is 12.3 Å². The molecule has 2 aromatic carbocycles. The molecule has 3 rings (SSSR count). The van der Waals surface area contributed by atoms with E-state index in [-0.39, 0.29) is 31.5 Å². The lowest BCUT2D eigenvalue weighted by molar-refractivity contribution is -0.182. The molecule has 1 aromatic heterocycles. The molecule has 0 bridgehead atoms. The van der Waals surface area contributed by atoms with Crippen LogP contribution in [0.25, 0.3) is 11.3 Å². The van der Waals surface area contributed by atoms with E-state index in [0.29, 0.717) is 29.7 Å². The minimum atomic E-state index is -0.537. The van der Waals surface area contributed by atoms with E-state index in [1.54, 1.807) is 30.3 Å². The summed E-state index contributed by atoms with van der Waals surface area (Å²) in [6.45, 7) is 2.22. The van der Waals surface area contributed by atoms with Crippen LogP contribution in [0.1, 0.15) is 59.1 Å². The number of carbonyl (C=O) groups excluding carboxylic acids is 4. The highest BCUT2D eigenvalue weighted by atomic mass is 16.7. The maximum absolute atomic E-state index is 13.0. The number of hydroxylamine groups is 2. The molecular formula is C30H35N3O7. The predicted octanol–water partition coefficient (Wildman–Crippen LogP) is 4.32. The number of hydrogen-bond acceptors (Lipinski definition) is 7. The average Bonchev–Trinajstić information content (AvgIpc) is 3.49. The molecule has 0 aliphatic carbocycles. The summed E-state index contributed by atoms with van der Waals surface area (Å²) >= 11 is 0. The summed E-state index contributed by atoms with van der Waals surface area (Å²) in [4.78, 5) is 54.9. The first-order chi connectivity index (χ1) is 19.5. The Morgan fingerprint density at radius 3 is 2.45 bits per heavy atom. The Bertz CT molecular complexity index is 1260. The van der Waals surface area contributed by atoms with Crippen molar-refractivity contribution in [1.82, 2.24) is 15.7 Å². The second-order valence-electron chi connectivity index (χ2n) is 9.08. The normalized spacial score (nSPS) is 11.3. The first-order valence-corrected chi connectivity index (χ1v) is 13.2. The van der Waals surface area contributed by atoms with Gasteiger partial charge in [-0.05, 0) is 30.2 Å². The maximum atomic E-state index is 13.0. The van der Waals surface area contributed by atoms with Crippen LogP contribution < -0.4 is 10.6 Å². The van der Waals surface area contributed by atoms with Crippen LogP contribution in [0.15, 0.2) is 71.1 Å². The topological polar surface area (TPSA) is 127 Å². The molecule has 10 nitrogen and oxygen atoms in total. The molecule has 3 amide bonds. The van der Waals surface area contributed by atoms with Gasteiger partial charge in [0.05, 0.1) is 31.8 Å². The summed E-state index contributed by atoms with van der Waals surface area (Å²) in [5.41, 5.74) is 1.70. The molecule has 1 atom stereocenters. The van der Waals surface area contributed by atoms with Gasteiger partial charge in [0.15, 0.2) is 5.76 Å². The van der Waals surface area contributed by atoms with Crippen molar-refractivity contribution in [2.24, 2.45) is 5.92 Å². The summed E-state index contributed by atoms with van der Waals surface area (Å²) in [6, 6.07) is 19.2. The number of nitrogens with zero attached hydrogens (tertiary/aromatic N) is 1. The van der Waals surface area contributed by atoms with Crippen molar-refractivity contribution in [2.45, 2.75) is 39.2 Å². The molecule has 0 spiro atoms. The molecule has 1 heterocycles. The van der Waals surface area contributed by atoms with Crippen molar-refractivity contribution in [3.05, 3.63) is 83.6 Å². The zero-order valence-electron chi connectivity index (χ0n) is 22.8. The van der Waals surface area contributed by atoms with Gasteiger partial charge in [0.25, 0.3) is 5.91 Å². The van der Waals surface area contributed by atoms with E-state index in [4.69, 9.17) is 14.0 Å². The van der Waals surface area contributed by atoms with E-state index < -0.39 is 17.8 Å². The molecule has 0 fully saturated rings. The van der Waals surface area contributed by atoms with Gasteiger partial charge in [-0.15, -0.1) is 0 Å². The monoisotopic (exact) mass is 549 g/mol. The summed E-state index contributed by atoms with van der Waals surface area (Å²) in [5, 5.41) is 6.46. The molecule has 40 heavy (non-hydrogen) atoms. The summed E-state index contributed by atoms with van der Waals surface area (Å²) < 4.78 is 10.5. The number of unbranched alkanes of at least 4 members (excludes halogenated alkanes) is 2. The molecule has 3 aromatic rings. The second-order valence-corrected chi connectivity index (χ2v) is 9.08. The Kier molecular flexibility index (Phi) is 11.9. The van der Waals surface area contributed by atoms with Crippen LogP contribution in [0.5, 0.6) is 0 Å². The molecule has 0 saturated heterocycles. The highest BCUT2D eigenvalue weighted by molar-refractivity contribution is 5.97. The summed E-state index contributed by atoms with van der Waals surface area (Å²) in [5.74, 6) is -1.54. The fraction of sp³-hybridized carbons (Fsp3) is 0.333. The van der Waals surface area contributed by atoms with Gasteiger partial charge in [0.1, 0.15) is 12.4 Å². The Morgan fingerprint density at radius 2 is 1.73 bits per heavy atom. The number of esters is 1. The third-order valence-electron chi connectivity index (χ3n) is 6.22. The number of ether oxygens (including phenoxy) is 1. The Morgan fingerprint density at radius 1 is 0.975 bits per heavy atom. The lowest BCUT2D eigenvalue weighted by atomic mass is 10.0. The molecular weight excluding hydrogens is 514 g/mol. The van der Waals surface area contributed by atoms with Gasteiger partial charge in [-0.3, -0.25) is 19.2 Å². The standard InChI is InChI=1S/C30H35N3O7/c1-3-4-6-13-23(18-33(21-34)39-19-22-11-7-5-8-12-22)28(35)31-20-32-29(36)27-17-16-26(40-27)24-14-9-10-15-25(24)30(37)38-2/h5,7-12,14-17,21,23H,3-4,6,13,18-20H2,1-2H3,(H,31,35)(H,32,36). The number of hydrogen-bond donors (Lipinski definition) is 2. The lowest BCUT2D eigenvalue weighted by Gasteiger charge is -2.23. The maximum Gasteiger partial charge on any atom is 0.338 e. The van der Waals surface area contributed by atoms with E-state index in [2.05, 4.69) is 17.6 Å². The van der Waals surface area contributed by atoms with Crippen molar-refractivity contribution < 1.29 is 33.2 Å². The van der Waals surface area contributed by atoms with E-state index in [1.807, 2.05) is 30.3 Å². The Labute approximate surface area is 233 Å². The van der Waals surface area contributed by atoms with Gasteiger partial charge < -0.3 is 19.8 Å². The SMILES string of the molecule is CCCCCC(CN(C=O)OCc1ccccc1)C(=O)NCNC(=O)c1ccc(-c2ccccc2C(=O)OC)o1. The number of rotatable bonds is 16. The zero-order chi connectivity index (χ0) is 28.7. The zero-order valence-corrected chi connectivity index (χ0v) is 22.8. The van der Waals surface area contributed by atoms with Gasteiger partial charge in [-0.25, -0.2) is 9.86 Å². The summed E-state index contributed by atoms with van der Waals surface area (Å²) in [6.07, 6.45) is 3.88. The Hall–Kier alpha value is -4.44. The molecule has 0 radical (unpaired) electrons. The predicted molar refractivity (Wildman–Crippen MR) is 148 cm³/mol. The second kappa shape index (κ2) is 15.8. The van der Waals surface area contributed by atoms with E-state index in [0.717, 1.165) is 29.9 Å². The molecule has 2 N–H and O–H groups in total. The van der Waals surface area contributed by atoms with Crippen LogP contribution in [0.3, 0.4) is 0 Å². The molecule has 212 valence electrons. The highest BCUT2D eigenvalue weighted by Crippen LogP contribution is 2.26. The van der Waals surface area contributed by atoms with Gasteiger partial charge in [-0.1, -0.05) is 74.7 Å². The smallest absolute Gasteiger partial charge is 0.338 e. The number of nitrogens with one attached hydrogen (secondary N) is 2. The van der Waals surface area contributed by atoms with Gasteiger partial charge in [-0.2, -0.15) is 0 Å². The van der Waals surface area contributed by atoms with Crippen molar-refractivity contribution in [2.75, 3.05) is 20.3 Å². The number of benzene rings is 2. The van der Waals surface area contributed by atoms with Crippen LogP contribution >= 0.6 is 0 Å². The molecule has 0 saturated carbocycles. The number of methoxy groups -OCH3 is 1. The van der Waals surface area contributed by atoms with Crippen LogP contribution in [0, 0.1) is 5.92 Å². The van der Waals surface area contributed by atoms with Crippen molar-refractivity contribution >= 4 is 24.2 Å². The molecule has 0 aliphatic rings. The lowest BCUT2D eigenvalue weighted by Crippen LogP contribution is -2.43. The first-order valence-electron chi connectivity index (χ1n) is 13.2. The Balaban J connectivity index is 1.56. The van der Waals surface area contributed by atoms with Crippen molar-refractivity contribution in [1.29, 1.82) is 0 Å². The molecule has 10 heteroatoms. The number of amides is 3. The largest absolute Gasteiger partial charge is 0.465 e. The average molecular weight is 550 g/mol. The fourth-order valence-corrected chi connectivity index (χ4v) is 4.05. The van der Waals surface area contributed by atoms with E-state index in [9.17, 15) is 19.2 Å². The third kappa shape index (κ3) is 8.81. The minimum absolute atomic E-state index is 0.0184. The van der Waals surface area contributed by atoms with Crippen LogP contribution in [-0.2, 0) is 25.8 Å². The van der Waals surface area contributed by atoms with Crippen molar-refractivity contribution in [3.63, 3.8) is 0 Å². The van der Waals surface area contributed by atoms with Crippen molar-refractivity contribution in [3.8, 4) is 11.3 Å². The van der Waals surface area contributed by atoms with E-state index >= 15 is 0 Å². The summed E-state index contributed by atoms with van der Waals surface area (Å²) in [7, 11) is 1.29. The van der Waals surface area contributed by atoms with Gasteiger partial charge in [0, 0.05) is 5.56 Å². The van der Waals surface area contributed by atoms with Crippen LogP contribution in [-0.4, -0.2) is 49.6 Å². The number of furan rings is 1. The van der Waals surface area contributed by atoms with Crippen LogP contribution in [0.2, 0.25) is 0 Å². The van der Waals surface area contributed by atoms with E-state index in [1.165, 1.54) is 13.2 Å². The van der Waals surface area contributed by atoms with Crippen LogP contribution in [0.4, 0.5) is 0 Å². The molecule has 0 aliphatic heterocycles. The quantitative estimate of drug-likeness (QED) is 0.0895. The highest BCUT2D eigenvalue weighted by Gasteiger charge is 2.22. The first kappa shape index (κ1) is 30.1. The van der Waals surface area contributed by atoms with Gasteiger partial charge >= 0.3 is 5.97 Å². The number of carbonyl (C=O) groups is 4. The minimum Gasteiger partial charge on any atom is -0.465 e. The third-order valence-corrected chi connectivity index (χ3v) is 6.22. The fourth-order valence-electron chi connectivity index (χ4n) is 4.05.